The molecule has 0 aliphatic carbocycles. The van der Waals surface area contributed by atoms with Gasteiger partial charge in [-0.2, -0.15) is 0 Å². The van der Waals surface area contributed by atoms with E-state index in [1.807, 2.05) is 30.3 Å². The fourth-order valence-corrected chi connectivity index (χ4v) is 3.24. The normalized spacial score (nSPS) is 21.5. The van der Waals surface area contributed by atoms with Crippen LogP contribution in [0.1, 0.15) is 25.7 Å². The van der Waals surface area contributed by atoms with E-state index in [0.29, 0.717) is 6.04 Å². The van der Waals surface area contributed by atoms with Crippen molar-refractivity contribution in [2.24, 2.45) is 0 Å². The molecule has 100 valence electrons. The number of benzene rings is 1. The summed E-state index contributed by atoms with van der Waals surface area (Å²) >= 11 is 3.64. The Morgan fingerprint density at radius 1 is 1.17 bits per heavy atom. The first kappa shape index (κ1) is 13.9. The summed E-state index contributed by atoms with van der Waals surface area (Å²) in [6.45, 7) is 3.03. The number of alkyl halides is 1. The number of ether oxygens (including phenoxy) is 1. The van der Waals surface area contributed by atoms with Crippen molar-refractivity contribution in [1.82, 2.24) is 4.90 Å². The number of nitrogens with zero attached hydrogens (tertiary/aromatic N) is 1. The van der Waals surface area contributed by atoms with Crippen LogP contribution in [0.3, 0.4) is 0 Å². The summed E-state index contributed by atoms with van der Waals surface area (Å²) in [6.07, 6.45) is 5.39. The Bertz CT molecular complexity index is 331. The molecule has 0 amide bonds. The Kier molecular flexibility index (Phi) is 6.01. The highest BCUT2D eigenvalue weighted by Gasteiger charge is 2.19. The Balaban J connectivity index is 1.77. The molecule has 0 spiro atoms. The molecule has 1 fully saturated rings. The molecule has 3 heteroatoms. The van der Waals surface area contributed by atoms with E-state index in [1.165, 1.54) is 32.2 Å². The summed E-state index contributed by atoms with van der Waals surface area (Å²) < 4.78 is 5.79. The molecule has 18 heavy (non-hydrogen) atoms. The van der Waals surface area contributed by atoms with Gasteiger partial charge < -0.3 is 4.74 Å². The molecule has 0 saturated carbocycles. The standard InChI is InChI=1S/C15H22BrNO/c16-13-14-7-3-2-6-10-17(14)11-12-18-15-8-4-1-5-9-15/h1,4-5,8-9,14H,2-3,6-7,10-13H2. The van der Waals surface area contributed by atoms with E-state index in [0.717, 1.165) is 24.2 Å². The SMILES string of the molecule is BrCC1CCCCCN1CCOc1ccccc1. The second kappa shape index (κ2) is 7.80. The third kappa shape index (κ3) is 4.29. The molecule has 1 atom stereocenters. The van der Waals surface area contributed by atoms with Gasteiger partial charge in [0.2, 0.25) is 0 Å². The van der Waals surface area contributed by atoms with E-state index >= 15 is 0 Å². The summed E-state index contributed by atoms with van der Waals surface area (Å²) in [7, 11) is 0. The van der Waals surface area contributed by atoms with Crippen molar-refractivity contribution in [3.05, 3.63) is 30.3 Å². The lowest BCUT2D eigenvalue weighted by Gasteiger charge is -2.28. The molecule has 0 N–H and O–H groups in total. The molecule has 1 saturated heterocycles. The summed E-state index contributed by atoms with van der Waals surface area (Å²) in [6, 6.07) is 10.8. The van der Waals surface area contributed by atoms with Crippen LogP contribution in [0, 0.1) is 0 Å². The fraction of sp³-hybridized carbons (Fsp3) is 0.600. The zero-order chi connectivity index (χ0) is 12.6. The molecule has 0 radical (unpaired) electrons. The van der Waals surface area contributed by atoms with Gasteiger partial charge in [0.05, 0.1) is 0 Å². The molecular weight excluding hydrogens is 290 g/mol. The molecule has 0 aromatic heterocycles. The first-order valence-electron chi connectivity index (χ1n) is 6.88. The molecule has 1 aliphatic rings. The number of likely N-dealkylation sites (tertiary alicyclic amines) is 1. The van der Waals surface area contributed by atoms with Crippen molar-refractivity contribution in [2.45, 2.75) is 31.7 Å². The molecule has 0 bridgehead atoms. The topological polar surface area (TPSA) is 12.5 Å². The van der Waals surface area contributed by atoms with Crippen molar-refractivity contribution in [3.8, 4) is 5.75 Å². The lowest BCUT2D eigenvalue weighted by molar-refractivity contribution is 0.174. The molecule has 1 aromatic carbocycles. The highest BCUT2D eigenvalue weighted by atomic mass is 79.9. The van der Waals surface area contributed by atoms with E-state index in [4.69, 9.17) is 4.74 Å². The zero-order valence-corrected chi connectivity index (χ0v) is 12.4. The monoisotopic (exact) mass is 311 g/mol. The molecular formula is C15H22BrNO. The quantitative estimate of drug-likeness (QED) is 0.769. The lowest BCUT2D eigenvalue weighted by atomic mass is 10.1. The minimum Gasteiger partial charge on any atom is -0.492 e. The van der Waals surface area contributed by atoms with Crippen molar-refractivity contribution >= 4 is 15.9 Å². The molecule has 1 aliphatic heterocycles. The summed E-state index contributed by atoms with van der Waals surface area (Å²) in [4.78, 5) is 2.57. The van der Waals surface area contributed by atoms with Crippen LogP contribution in [0.5, 0.6) is 5.75 Å². The van der Waals surface area contributed by atoms with E-state index < -0.39 is 0 Å². The van der Waals surface area contributed by atoms with Gasteiger partial charge in [-0.1, -0.05) is 47.0 Å². The average Bonchev–Trinajstić information content (AvgIpc) is 2.65. The number of hydrogen-bond donors (Lipinski definition) is 0. The third-order valence-corrected chi connectivity index (χ3v) is 4.32. The number of para-hydroxylation sites is 1. The maximum Gasteiger partial charge on any atom is 0.119 e. The van der Waals surface area contributed by atoms with Crippen LogP contribution in [0.15, 0.2) is 30.3 Å². The second-order valence-electron chi connectivity index (χ2n) is 4.85. The molecule has 1 aromatic rings. The highest BCUT2D eigenvalue weighted by molar-refractivity contribution is 9.09. The van der Waals surface area contributed by atoms with Crippen LogP contribution in [0.25, 0.3) is 0 Å². The van der Waals surface area contributed by atoms with Gasteiger partial charge in [0.25, 0.3) is 0 Å². The van der Waals surface area contributed by atoms with E-state index in [2.05, 4.69) is 20.8 Å². The van der Waals surface area contributed by atoms with Gasteiger partial charge in [-0.3, -0.25) is 4.90 Å². The van der Waals surface area contributed by atoms with Gasteiger partial charge in [0, 0.05) is 17.9 Å². The summed E-state index contributed by atoms with van der Waals surface area (Å²) in [5.41, 5.74) is 0. The zero-order valence-electron chi connectivity index (χ0n) is 10.9. The van der Waals surface area contributed by atoms with Crippen molar-refractivity contribution in [3.63, 3.8) is 0 Å². The molecule has 2 nitrogen and oxygen atoms in total. The predicted molar refractivity (Wildman–Crippen MR) is 79.6 cm³/mol. The Hall–Kier alpha value is -0.540. The van der Waals surface area contributed by atoms with E-state index in [1.54, 1.807) is 0 Å². The van der Waals surface area contributed by atoms with Gasteiger partial charge in [-0.25, -0.2) is 0 Å². The predicted octanol–water partition coefficient (Wildman–Crippen LogP) is 3.70. The minimum absolute atomic E-state index is 0.687. The first-order chi connectivity index (χ1) is 8.90. The van der Waals surface area contributed by atoms with Crippen LogP contribution in [-0.2, 0) is 0 Å². The van der Waals surface area contributed by atoms with Gasteiger partial charge in [0.15, 0.2) is 0 Å². The second-order valence-corrected chi connectivity index (χ2v) is 5.50. The lowest BCUT2D eigenvalue weighted by Crippen LogP contribution is -2.38. The molecule has 1 unspecified atom stereocenters. The van der Waals surface area contributed by atoms with Gasteiger partial charge >= 0.3 is 0 Å². The number of rotatable bonds is 5. The van der Waals surface area contributed by atoms with E-state index in [9.17, 15) is 0 Å². The van der Waals surface area contributed by atoms with Crippen LogP contribution in [0.2, 0.25) is 0 Å². The molecule has 1 heterocycles. The number of halogens is 1. The van der Waals surface area contributed by atoms with Crippen molar-refractivity contribution < 1.29 is 4.74 Å². The van der Waals surface area contributed by atoms with Crippen molar-refractivity contribution in [1.29, 1.82) is 0 Å². The highest BCUT2D eigenvalue weighted by Crippen LogP contribution is 2.18. The van der Waals surface area contributed by atoms with Gasteiger partial charge in [-0.15, -0.1) is 0 Å². The Morgan fingerprint density at radius 3 is 2.78 bits per heavy atom. The van der Waals surface area contributed by atoms with Crippen LogP contribution >= 0.6 is 15.9 Å². The Labute approximate surface area is 118 Å². The average molecular weight is 312 g/mol. The van der Waals surface area contributed by atoms with Gasteiger partial charge in [0.1, 0.15) is 12.4 Å². The maximum atomic E-state index is 5.79. The fourth-order valence-electron chi connectivity index (χ4n) is 2.50. The Morgan fingerprint density at radius 2 is 2.00 bits per heavy atom. The van der Waals surface area contributed by atoms with Gasteiger partial charge in [-0.05, 0) is 31.5 Å². The maximum absolute atomic E-state index is 5.79. The minimum atomic E-state index is 0.687. The first-order valence-corrected chi connectivity index (χ1v) is 8.00. The van der Waals surface area contributed by atoms with Crippen LogP contribution in [-0.4, -0.2) is 36.0 Å². The third-order valence-electron chi connectivity index (χ3n) is 3.57. The summed E-state index contributed by atoms with van der Waals surface area (Å²) in [5, 5.41) is 1.08. The number of hydrogen-bond acceptors (Lipinski definition) is 2. The van der Waals surface area contributed by atoms with Crippen LogP contribution < -0.4 is 4.74 Å². The molecule has 2 rings (SSSR count). The van der Waals surface area contributed by atoms with E-state index in [-0.39, 0.29) is 0 Å². The smallest absolute Gasteiger partial charge is 0.119 e. The van der Waals surface area contributed by atoms with Crippen LogP contribution in [0.4, 0.5) is 0 Å². The summed E-state index contributed by atoms with van der Waals surface area (Å²) in [5.74, 6) is 0.975. The largest absolute Gasteiger partial charge is 0.492 e. The van der Waals surface area contributed by atoms with Crippen molar-refractivity contribution in [2.75, 3.05) is 25.0 Å².